The first kappa shape index (κ1) is 15.9. The van der Waals surface area contributed by atoms with Gasteiger partial charge in [-0.1, -0.05) is 13.3 Å². The fourth-order valence-corrected chi connectivity index (χ4v) is 2.63. The van der Waals surface area contributed by atoms with Crippen LogP contribution in [0.1, 0.15) is 30.1 Å². The first-order valence-electron chi connectivity index (χ1n) is 5.77. The van der Waals surface area contributed by atoms with Crippen molar-refractivity contribution in [3.8, 4) is 0 Å². The van der Waals surface area contributed by atoms with Crippen LogP contribution in [0.25, 0.3) is 0 Å². The van der Waals surface area contributed by atoms with Gasteiger partial charge in [0.15, 0.2) is 0 Å². The Labute approximate surface area is 116 Å². The Morgan fingerprint density at radius 3 is 2.58 bits per heavy atom. The van der Waals surface area contributed by atoms with E-state index in [2.05, 4.69) is 0 Å². The summed E-state index contributed by atoms with van der Waals surface area (Å²) < 4.78 is 36.0. The van der Waals surface area contributed by atoms with Crippen LogP contribution in [0.15, 0.2) is 23.1 Å². The fourth-order valence-electron chi connectivity index (χ4n) is 1.58. The van der Waals surface area contributed by atoms with E-state index in [-0.39, 0.29) is 10.5 Å². The number of nitrogens with zero attached hydrogens (tertiary/aromatic N) is 1. The smallest absolute Gasteiger partial charge is 0.262 e. The van der Waals surface area contributed by atoms with Crippen LogP contribution in [-0.4, -0.2) is 32.8 Å². The Kier molecular flexibility index (Phi) is 5.31. The molecule has 7 heteroatoms. The first-order chi connectivity index (χ1) is 8.77. The summed E-state index contributed by atoms with van der Waals surface area (Å²) in [6.45, 7) is 2.43. The molecule has 1 aromatic rings. The number of carbonyl (C=O) groups excluding carboxylic acids is 1. The van der Waals surface area contributed by atoms with Gasteiger partial charge in [-0.2, -0.15) is 0 Å². The van der Waals surface area contributed by atoms with Crippen molar-refractivity contribution in [2.75, 3.05) is 13.6 Å². The predicted molar refractivity (Wildman–Crippen MR) is 71.3 cm³/mol. The SMILES string of the molecule is CCCCN(C)C(=O)c1cc(F)ccc1S(=O)(=O)Cl. The maximum Gasteiger partial charge on any atom is 0.262 e. The van der Waals surface area contributed by atoms with E-state index in [1.54, 1.807) is 0 Å². The van der Waals surface area contributed by atoms with Crippen LogP contribution in [0.3, 0.4) is 0 Å². The lowest BCUT2D eigenvalue weighted by Gasteiger charge is -2.18. The van der Waals surface area contributed by atoms with Crippen LogP contribution in [0.5, 0.6) is 0 Å². The van der Waals surface area contributed by atoms with Gasteiger partial charge in [-0.05, 0) is 24.6 Å². The van der Waals surface area contributed by atoms with Crippen molar-refractivity contribution >= 4 is 25.6 Å². The van der Waals surface area contributed by atoms with Crippen molar-refractivity contribution < 1.29 is 17.6 Å². The Morgan fingerprint density at radius 2 is 2.05 bits per heavy atom. The molecule has 4 nitrogen and oxygen atoms in total. The summed E-state index contributed by atoms with van der Waals surface area (Å²) in [6.07, 6.45) is 1.67. The van der Waals surface area contributed by atoms with Gasteiger partial charge in [-0.25, -0.2) is 12.8 Å². The van der Waals surface area contributed by atoms with Gasteiger partial charge in [0.1, 0.15) is 5.82 Å². The molecule has 19 heavy (non-hydrogen) atoms. The van der Waals surface area contributed by atoms with Crippen LogP contribution in [0, 0.1) is 5.82 Å². The highest BCUT2D eigenvalue weighted by molar-refractivity contribution is 8.13. The molecular weight excluding hydrogens is 293 g/mol. The zero-order valence-electron chi connectivity index (χ0n) is 10.7. The molecule has 106 valence electrons. The Balaban J connectivity index is 3.18. The molecular formula is C12H15ClFNO3S. The average molecular weight is 308 g/mol. The molecule has 0 unspecified atom stereocenters. The topological polar surface area (TPSA) is 54.5 Å². The van der Waals surface area contributed by atoms with Gasteiger partial charge >= 0.3 is 0 Å². The minimum atomic E-state index is -4.09. The third-order valence-electron chi connectivity index (χ3n) is 2.63. The number of unbranched alkanes of at least 4 members (excludes halogenated alkanes) is 1. The number of carbonyl (C=O) groups is 1. The van der Waals surface area contributed by atoms with Crippen molar-refractivity contribution in [3.63, 3.8) is 0 Å². The molecule has 0 radical (unpaired) electrons. The van der Waals surface area contributed by atoms with E-state index in [9.17, 15) is 17.6 Å². The number of rotatable bonds is 5. The lowest BCUT2D eigenvalue weighted by molar-refractivity contribution is 0.0789. The molecule has 1 amide bonds. The normalized spacial score (nSPS) is 11.4. The van der Waals surface area contributed by atoms with Gasteiger partial charge in [0.05, 0.1) is 10.5 Å². The van der Waals surface area contributed by atoms with Crippen molar-refractivity contribution in [2.45, 2.75) is 24.7 Å². The van der Waals surface area contributed by atoms with E-state index in [0.29, 0.717) is 6.54 Å². The standard InChI is InChI=1S/C12H15ClFNO3S/c1-3-4-7-15(2)12(16)10-8-9(14)5-6-11(10)19(13,17)18/h5-6,8H,3-4,7H2,1-2H3. The summed E-state index contributed by atoms with van der Waals surface area (Å²) in [6, 6.07) is 2.84. The number of halogens is 2. The Morgan fingerprint density at radius 1 is 1.42 bits per heavy atom. The number of benzene rings is 1. The van der Waals surface area contributed by atoms with Crippen LogP contribution in [-0.2, 0) is 9.05 Å². The average Bonchev–Trinajstić information content (AvgIpc) is 2.33. The molecule has 1 aromatic carbocycles. The monoisotopic (exact) mass is 307 g/mol. The highest BCUT2D eigenvalue weighted by Crippen LogP contribution is 2.22. The quantitative estimate of drug-likeness (QED) is 0.786. The molecule has 0 atom stereocenters. The van der Waals surface area contributed by atoms with E-state index in [1.807, 2.05) is 6.92 Å². The van der Waals surface area contributed by atoms with Gasteiger partial charge in [-0.15, -0.1) is 0 Å². The van der Waals surface area contributed by atoms with Crippen LogP contribution in [0.2, 0.25) is 0 Å². The van der Waals surface area contributed by atoms with Gasteiger partial charge < -0.3 is 4.90 Å². The molecule has 0 N–H and O–H groups in total. The summed E-state index contributed by atoms with van der Waals surface area (Å²) in [5, 5.41) is 0. The predicted octanol–water partition coefficient (Wildman–Crippen LogP) is 2.63. The molecule has 1 rings (SSSR count). The molecule has 0 bridgehead atoms. The molecule has 0 fully saturated rings. The van der Waals surface area contributed by atoms with E-state index < -0.39 is 20.8 Å². The summed E-state index contributed by atoms with van der Waals surface area (Å²) >= 11 is 0. The first-order valence-corrected chi connectivity index (χ1v) is 8.08. The third-order valence-corrected chi connectivity index (χ3v) is 4.01. The number of amides is 1. The zero-order valence-corrected chi connectivity index (χ0v) is 12.3. The molecule has 0 aliphatic rings. The Hall–Kier alpha value is -1.14. The molecule has 0 aliphatic heterocycles. The summed E-state index contributed by atoms with van der Waals surface area (Å²) in [4.78, 5) is 13.1. The van der Waals surface area contributed by atoms with Crippen molar-refractivity contribution in [1.82, 2.24) is 4.90 Å². The van der Waals surface area contributed by atoms with Crippen LogP contribution >= 0.6 is 10.7 Å². The maximum absolute atomic E-state index is 13.2. The lowest BCUT2D eigenvalue weighted by atomic mass is 10.2. The van der Waals surface area contributed by atoms with Gasteiger partial charge in [0.2, 0.25) is 0 Å². The van der Waals surface area contributed by atoms with Gasteiger partial charge in [-0.3, -0.25) is 4.79 Å². The highest BCUT2D eigenvalue weighted by atomic mass is 35.7. The summed E-state index contributed by atoms with van der Waals surface area (Å²) in [7, 11) is 2.69. The second kappa shape index (κ2) is 6.34. The van der Waals surface area contributed by atoms with Crippen LogP contribution in [0.4, 0.5) is 4.39 Å². The summed E-state index contributed by atoms with van der Waals surface area (Å²) in [5.74, 6) is -1.25. The van der Waals surface area contributed by atoms with E-state index >= 15 is 0 Å². The van der Waals surface area contributed by atoms with Crippen LogP contribution < -0.4 is 0 Å². The second-order valence-corrected chi connectivity index (χ2v) is 6.69. The molecule has 0 aromatic heterocycles. The van der Waals surface area contributed by atoms with Crippen molar-refractivity contribution in [2.24, 2.45) is 0 Å². The molecule has 0 saturated carbocycles. The number of hydrogen-bond donors (Lipinski definition) is 0. The molecule has 0 heterocycles. The lowest BCUT2D eigenvalue weighted by Crippen LogP contribution is -2.28. The minimum Gasteiger partial charge on any atom is -0.342 e. The molecule has 0 spiro atoms. The van der Waals surface area contributed by atoms with Crippen molar-refractivity contribution in [1.29, 1.82) is 0 Å². The second-order valence-electron chi connectivity index (χ2n) is 4.16. The minimum absolute atomic E-state index is 0.242. The van der Waals surface area contributed by atoms with Gasteiger partial charge in [0.25, 0.3) is 15.0 Å². The number of hydrogen-bond acceptors (Lipinski definition) is 3. The van der Waals surface area contributed by atoms with Gasteiger partial charge in [0, 0.05) is 24.3 Å². The van der Waals surface area contributed by atoms with E-state index in [1.165, 1.54) is 11.9 Å². The van der Waals surface area contributed by atoms with E-state index in [4.69, 9.17) is 10.7 Å². The fraction of sp³-hybridized carbons (Fsp3) is 0.417. The molecule has 0 saturated heterocycles. The summed E-state index contributed by atoms with van der Waals surface area (Å²) in [5.41, 5.74) is -0.242. The third kappa shape index (κ3) is 4.18. The van der Waals surface area contributed by atoms with Crippen molar-refractivity contribution in [3.05, 3.63) is 29.6 Å². The highest BCUT2D eigenvalue weighted by Gasteiger charge is 2.23. The maximum atomic E-state index is 13.2. The molecule has 0 aliphatic carbocycles. The Bertz CT molecular complexity index is 574. The largest absolute Gasteiger partial charge is 0.342 e. The zero-order chi connectivity index (χ0) is 14.6. The van der Waals surface area contributed by atoms with E-state index in [0.717, 1.165) is 31.0 Å².